The van der Waals surface area contributed by atoms with Gasteiger partial charge < -0.3 is 9.84 Å². The Bertz CT molecular complexity index is 485. The maximum absolute atomic E-state index is 9.42. The van der Waals surface area contributed by atoms with Crippen LogP contribution in [0.25, 0.3) is 11.1 Å². The molecule has 0 aliphatic heterocycles. The smallest absolute Gasteiger partial charge is 0.127 e. The molecule has 3 heteroatoms. The predicted molar refractivity (Wildman–Crippen MR) is 74.1 cm³/mol. The van der Waals surface area contributed by atoms with Crippen molar-refractivity contribution in [2.45, 2.75) is 6.10 Å². The van der Waals surface area contributed by atoms with E-state index in [0.29, 0.717) is 0 Å². The molecule has 94 valence electrons. The predicted octanol–water partition coefficient (Wildman–Crippen LogP) is 3.33. The number of halogens is 1. The third-order valence-electron chi connectivity index (χ3n) is 2.58. The van der Waals surface area contributed by atoms with Gasteiger partial charge in [-0.2, -0.15) is 0 Å². The summed E-state index contributed by atoms with van der Waals surface area (Å²) in [6.45, 7) is 0.202. The normalized spacial score (nSPS) is 12.1. The third-order valence-corrected chi connectivity index (χ3v) is 2.94. The van der Waals surface area contributed by atoms with Gasteiger partial charge in [0.15, 0.2) is 0 Å². The van der Waals surface area contributed by atoms with Gasteiger partial charge in [-0.25, -0.2) is 0 Å². The average molecular weight is 263 g/mol. The molecule has 0 fully saturated rings. The van der Waals surface area contributed by atoms with E-state index in [9.17, 15) is 5.11 Å². The molecule has 2 aromatic rings. The van der Waals surface area contributed by atoms with Crippen LogP contribution in [0.3, 0.4) is 0 Å². The zero-order valence-corrected chi connectivity index (χ0v) is 10.7. The van der Waals surface area contributed by atoms with Crippen LogP contribution in [-0.2, 0) is 0 Å². The minimum absolute atomic E-state index is 0.174. The monoisotopic (exact) mass is 262 g/mol. The summed E-state index contributed by atoms with van der Waals surface area (Å²) in [6, 6.07) is 17.8. The van der Waals surface area contributed by atoms with E-state index in [1.807, 2.05) is 54.6 Å². The molecule has 0 saturated carbocycles. The largest absolute Gasteiger partial charge is 0.490 e. The molecule has 0 saturated heterocycles. The van der Waals surface area contributed by atoms with Crippen LogP contribution in [0.15, 0.2) is 54.6 Å². The molecule has 0 amide bonds. The lowest BCUT2D eigenvalue weighted by Gasteiger charge is -2.13. The molecule has 0 aromatic heterocycles. The van der Waals surface area contributed by atoms with Crippen molar-refractivity contribution in [3.63, 3.8) is 0 Å². The lowest BCUT2D eigenvalue weighted by Crippen LogP contribution is -2.19. The second-order valence-corrected chi connectivity index (χ2v) is 4.29. The highest BCUT2D eigenvalue weighted by molar-refractivity contribution is 6.18. The van der Waals surface area contributed by atoms with Gasteiger partial charge in [0.1, 0.15) is 18.5 Å². The van der Waals surface area contributed by atoms with Gasteiger partial charge in [-0.05, 0) is 11.6 Å². The molecule has 1 atom stereocenters. The lowest BCUT2D eigenvalue weighted by atomic mass is 10.1. The van der Waals surface area contributed by atoms with E-state index in [-0.39, 0.29) is 12.5 Å². The van der Waals surface area contributed by atoms with Gasteiger partial charge in [0.05, 0.1) is 5.88 Å². The Morgan fingerprint density at radius 3 is 2.39 bits per heavy atom. The number of benzene rings is 2. The van der Waals surface area contributed by atoms with Crippen molar-refractivity contribution in [2.75, 3.05) is 12.5 Å². The average Bonchev–Trinajstić information content (AvgIpc) is 2.46. The Balaban J connectivity index is 2.21. The van der Waals surface area contributed by atoms with Crippen LogP contribution in [0.1, 0.15) is 0 Å². The van der Waals surface area contributed by atoms with Crippen LogP contribution in [0.4, 0.5) is 0 Å². The molecule has 2 rings (SSSR count). The van der Waals surface area contributed by atoms with Crippen LogP contribution in [0.5, 0.6) is 5.75 Å². The molecule has 0 radical (unpaired) electrons. The van der Waals surface area contributed by atoms with Gasteiger partial charge in [-0.3, -0.25) is 0 Å². The van der Waals surface area contributed by atoms with Gasteiger partial charge in [0, 0.05) is 5.56 Å². The minimum atomic E-state index is -0.643. The van der Waals surface area contributed by atoms with Crippen LogP contribution in [0, 0.1) is 0 Å². The van der Waals surface area contributed by atoms with Crippen LogP contribution in [0.2, 0.25) is 0 Å². The summed E-state index contributed by atoms with van der Waals surface area (Å²) in [4.78, 5) is 0. The molecule has 0 heterocycles. The molecular weight excluding hydrogens is 248 g/mol. The molecule has 0 bridgehead atoms. The van der Waals surface area contributed by atoms with Crippen molar-refractivity contribution < 1.29 is 9.84 Å². The Labute approximate surface area is 112 Å². The fourth-order valence-electron chi connectivity index (χ4n) is 1.68. The van der Waals surface area contributed by atoms with E-state index in [1.54, 1.807) is 0 Å². The van der Waals surface area contributed by atoms with Crippen LogP contribution >= 0.6 is 11.6 Å². The summed E-state index contributed by atoms with van der Waals surface area (Å²) in [5, 5.41) is 9.42. The van der Waals surface area contributed by atoms with Crippen molar-refractivity contribution in [3.05, 3.63) is 54.6 Å². The highest BCUT2D eigenvalue weighted by atomic mass is 35.5. The fourth-order valence-corrected chi connectivity index (χ4v) is 1.77. The Morgan fingerprint density at radius 2 is 1.67 bits per heavy atom. The summed E-state index contributed by atoms with van der Waals surface area (Å²) in [7, 11) is 0. The standard InChI is InChI=1S/C15H15ClO2/c16-10-13(17)11-18-15-9-5-4-8-14(15)12-6-2-1-3-7-12/h1-9,13,17H,10-11H2. The summed E-state index contributed by atoms with van der Waals surface area (Å²) in [6.07, 6.45) is -0.643. The van der Waals surface area contributed by atoms with Crippen LogP contribution < -0.4 is 4.74 Å². The summed E-state index contributed by atoms with van der Waals surface area (Å²) in [5.74, 6) is 0.931. The van der Waals surface area contributed by atoms with Crippen molar-refractivity contribution in [2.24, 2.45) is 0 Å². The molecule has 18 heavy (non-hydrogen) atoms. The van der Waals surface area contributed by atoms with E-state index >= 15 is 0 Å². The first-order chi connectivity index (χ1) is 8.81. The van der Waals surface area contributed by atoms with Crippen molar-refractivity contribution >= 4 is 11.6 Å². The number of alkyl halides is 1. The third kappa shape index (κ3) is 3.25. The highest BCUT2D eigenvalue weighted by Gasteiger charge is 2.07. The molecule has 2 nitrogen and oxygen atoms in total. The summed E-state index contributed by atoms with van der Waals surface area (Å²) < 4.78 is 5.61. The zero-order chi connectivity index (χ0) is 12.8. The number of rotatable bonds is 5. The van der Waals surface area contributed by atoms with Gasteiger partial charge in [0.2, 0.25) is 0 Å². The first kappa shape index (κ1) is 12.9. The maximum atomic E-state index is 9.42. The zero-order valence-electron chi connectivity index (χ0n) is 9.92. The molecule has 1 N–H and O–H groups in total. The highest BCUT2D eigenvalue weighted by Crippen LogP contribution is 2.29. The SMILES string of the molecule is OC(CCl)COc1ccccc1-c1ccccc1. The van der Waals surface area contributed by atoms with E-state index in [2.05, 4.69) is 0 Å². The second-order valence-electron chi connectivity index (χ2n) is 3.98. The Kier molecular flexibility index (Phi) is 4.62. The second kappa shape index (κ2) is 6.43. The minimum Gasteiger partial charge on any atom is -0.490 e. The topological polar surface area (TPSA) is 29.5 Å². The number of hydrogen-bond acceptors (Lipinski definition) is 2. The molecule has 0 spiro atoms. The van der Waals surface area contributed by atoms with Crippen molar-refractivity contribution in [1.29, 1.82) is 0 Å². The molecule has 0 aliphatic rings. The van der Waals surface area contributed by atoms with E-state index < -0.39 is 6.10 Å². The first-order valence-electron chi connectivity index (χ1n) is 5.82. The fraction of sp³-hybridized carbons (Fsp3) is 0.200. The summed E-state index contributed by atoms with van der Waals surface area (Å²) in [5.41, 5.74) is 2.10. The summed E-state index contributed by atoms with van der Waals surface area (Å²) >= 11 is 5.55. The van der Waals surface area contributed by atoms with Gasteiger partial charge in [-0.1, -0.05) is 48.5 Å². The molecule has 1 unspecified atom stereocenters. The van der Waals surface area contributed by atoms with Gasteiger partial charge >= 0.3 is 0 Å². The Morgan fingerprint density at radius 1 is 1.00 bits per heavy atom. The van der Waals surface area contributed by atoms with Gasteiger partial charge in [0.25, 0.3) is 0 Å². The lowest BCUT2D eigenvalue weighted by molar-refractivity contribution is 0.125. The van der Waals surface area contributed by atoms with Gasteiger partial charge in [-0.15, -0.1) is 11.6 Å². The van der Waals surface area contributed by atoms with E-state index in [0.717, 1.165) is 16.9 Å². The number of aliphatic hydroxyl groups is 1. The number of para-hydroxylation sites is 1. The number of ether oxygens (including phenoxy) is 1. The molecular formula is C15H15ClO2. The quantitative estimate of drug-likeness (QED) is 0.838. The maximum Gasteiger partial charge on any atom is 0.127 e. The number of aliphatic hydroxyl groups excluding tert-OH is 1. The number of hydrogen-bond donors (Lipinski definition) is 1. The van der Waals surface area contributed by atoms with E-state index in [1.165, 1.54) is 0 Å². The van der Waals surface area contributed by atoms with Crippen molar-refractivity contribution in [3.8, 4) is 16.9 Å². The molecule has 0 aliphatic carbocycles. The Hall–Kier alpha value is -1.51. The molecule has 2 aromatic carbocycles. The van der Waals surface area contributed by atoms with Crippen LogP contribution in [-0.4, -0.2) is 23.7 Å². The van der Waals surface area contributed by atoms with E-state index in [4.69, 9.17) is 16.3 Å². The van der Waals surface area contributed by atoms with Crippen molar-refractivity contribution in [1.82, 2.24) is 0 Å². The first-order valence-corrected chi connectivity index (χ1v) is 6.36.